The molecular formula is C15H20N4O. The van der Waals surface area contributed by atoms with E-state index in [1.807, 2.05) is 39.0 Å². The van der Waals surface area contributed by atoms with Gasteiger partial charge in [0.15, 0.2) is 0 Å². The molecule has 0 spiro atoms. The van der Waals surface area contributed by atoms with E-state index in [-0.39, 0.29) is 5.91 Å². The fourth-order valence-electron chi connectivity index (χ4n) is 2.01. The second-order valence-electron chi connectivity index (χ2n) is 4.72. The molecular weight excluding hydrogens is 252 g/mol. The van der Waals surface area contributed by atoms with Gasteiger partial charge in [-0.1, -0.05) is 0 Å². The van der Waals surface area contributed by atoms with Crippen LogP contribution in [-0.2, 0) is 6.54 Å². The van der Waals surface area contributed by atoms with Crippen LogP contribution in [0.4, 0.5) is 5.69 Å². The minimum Gasteiger partial charge on any atom is -0.379 e. The maximum Gasteiger partial charge on any atom is 0.251 e. The van der Waals surface area contributed by atoms with Crippen LogP contribution < -0.4 is 10.6 Å². The Hall–Kier alpha value is -2.30. The molecule has 1 aromatic carbocycles. The molecule has 1 amide bonds. The number of aromatic amines is 1. The summed E-state index contributed by atoms with van der Waals surface area (Å²) in [6.07, 6.45) is 1.69. The number of carbonyl (C=O) groups is 1. The number of aryl methyl sites for hydroxylation is 2. The average Bonchev–Trinajstić information content (AvgIpc) is 2.83. The molecule has 1 aromatic heterocycles. The highest BCUT2D eigenvalue weighted by molar-refractivity contribution is 5.94. The number of aromatic nitrogens is 2. The van der Waals surface area contributed by atoms with E-state index in [1.165, 1.54) is 0 Å². The summed E-state index contributed by atoms with van der Waals surface area (Å²) in [5.74, 6) is -0.0368. The molecule has 0 saturated carbocycles. The van der Waals surface area contributed by atoms with Crippen LogP contribution in [0.15, 0.2) is 24.5 Å². The Labute approximate surface area is 118 Å². The Bertz CT molecular complexity index is 604. The third kappa shape index (κ3) is 3.17. The van der Waals surface area contributed by atoms with Gasteiger partial charge in [0.1, 0.15) is 0 Å². The zero-order valence-electron chi connectivity index (χ0n) is 12.1. The molecule has 0 radical (unpaired) electrons. The number of rotatable bonds is 5. The number of benzene rings is 1. The van der Waals surface area contributed by atoms with Gasteiger partial charge in [0, 0.05) is 23.5 Å². The molecule has 0 atom stereocenters. The molecule has 5 nitrogen and oxygen atoms in total. The van der Waals surface area contributed by atoms with Crippen LogP contribution >= 0.6 is 0 Å². The van der Waals surface area contributed by atoms with E-state index in [9.17, 15) is 4.79 Å². The predicted molar refractivity (Wildman–Crippen MR) is 79.8 cm³/mol. The molecule has 5 heteroatoms. The first-order chi connectivity index (χ1) is 9.61. The van der Waals surface area contributed by atoms with Gasteiger partial charge in [-0.15, -0.1) is 0 Å². The second-order valence-corrected chi connectivity index (χ2v) is 4.72. The third-order valence-corrected chi connectivity index (χ3v) is 3.21. The lowest BCUT2D eigenvalue weighted by molar-refractivity contribution is 0.0956. The molecule has 20 heavy (non-hydrogen) atoms. The van der Waals surface area contributed by atoms with Gasteiger partial charge in [-0.2, -0.15) is 0 Å². The first-order valence-electron chi connectivity index (χ1n) is 6.73. The van der Waals surface area contributed by atoms with Crippen molar-refractivity contribution in [2.75, 3.05) is 11.9 Å². The Balaban J connectivity index is 2.06. The van der Waals surface area contributed by atoms with E-state index in [4.69, 9.17) is 0 Å². The number of carbonyl (C=O) groups excluding carboxylic acids is 1. The first kappa shape index (κ1) is 14.1. The largest absolute Gasteiger partial charge is 0.379 e. The highest BCUT2D eigenvalue weighted by atomic mass is 16.1. The zero-order valence-corrected chi connectivity index (χ0v) is 12.1. The Morgan fingerprint density at radius 1 is 1.35 bits per heavy atom. The van der Waals surface area contributed by atoms with Gasteiger partial charge < -0.3 is 15.6 Å². The van der Waals surface area contributed by atoms with Crippen LogP contribution in [-0.4, -0.2) is 22.4 Å². The number of amides is 1. The van der Waals surface area contributed by atoms with Gasteiger partial charge in [0.05, 0.1) is 18.6 Å². The summed E-state index contributed by atoms with van der Waals surface area (Å²) in [5.41, 5.74) is 4.81. The molecule has 0 unspecified atom stereocenters. The summed E-state index contributed by atoms with van der Waals surface area (Å²) < 4.78 is 0. The standard InChI is InChI=1S/C15H20N4O/c1-4-16-15(20)12-5-6-13(10(2)7-12)17-8-14-11(3)18-9-19-14/h5-7,9,17H,4,8H2,1-3H3,(H,16,20)(H,18,19). The SMILES string of the molecule is CCNC(=O)c1ccc(NCc2nc[nH]c2C)c(C)c1. The van der Waals surface area contributed by atoms with Crippen molar-refractivity contribution in [1.29, 1.82) is 0 Å². The molecule has 0 aliphatic carbocycles. The number of imidazole rings is 1. The fraction of sp³-hybridized carbons (Fsp3) is 0.333. The lowest BCUT2D eigenvalue weighted by Gasteiger charge is -2.10. The molecule has 0 aliphatic heterocycles. The van der Waals surface area contributed by atoms with Crippen LogP contribution in [0.1, 0.15) is 34.2 Å². The predicted octanol–water partition coefficient (Wildman–Crippen LogP) is 2.39. The number of nitrogens with zero attached hydrogens (tertiary/aromatic N) is 1. The van der Waals surface area contributed by atoms with Gasteiger partial charge >= 0.3 is 0 Å². The third-order valence-electron chi connectivity index (χ3n) is 3.21. The van der Waals surface area contributed by atoms with Crippen molar-refractivity contribution in [1.82, 2.24) is 15.3 Å². The van der Waals surface area contributed by atoms with Crippen molar-refractivity contribution < 1.29 is 4.79 Å². The van der Waals surface area contributed by atoms with Crippen LogP contribution in [0.5, 0.6) is 0 Å². The lowest BCUT2D eigenvalue weighted by Crippen LogP contribution is -2.22. The molecule has 0 aliphatic rings. The summed E-state index contributed by atoms with van der Waals surface area (Å²) in [4.78, 5) is 19.1. The Morgan fingerprint density at radius 2 is 2.15 bits per heavy atom. The molecule has 1 heterocycles. The number of anilines is 1. The topological polar surface area (TPSA) is 69.8 Å². The van der Waals surface area contributed by atoms with E-state index in [1.54, 1.807) is 6.33 Å². The van der Waals surface area contributed by atoms with E-state index < -0.39 is 0 Å². The maximum atomic E-state index is 11.8. The number of hydrogen-bond acceptors (Lipinski definition) is 3. The summed E-state index contributed by atoms with van der Waals surface area (Å²) in [7, 11) is 0. The van der Waals surface area contributed by atoms with Gasteiger partial charge in [0.25, 0.3) is 5.91 Å². The normalized spacial score (nSPS) is 10.3. The summed E-state index contributed by atoms with van der Waals surface area (Å²) >= 11 is 0. The van der Waals surface area contributed by atoms with E-state index in [0.717, 1.165) is 22.6 Å². The van der Waals surface area contributed by atoms with Crippen LogP contribution in [0.2, 0.25) is 0 Å². The molecule has 2 rings (SSSR count). The van der Waals surface area contributed by atoms with Crippen molar-refractivity contribution in [2.45, 2.75) is 27.3 Å². The number of nitrogens with one attached hydrogen (secondary N) is 3. The van der Waals surface area contributed by atoms with Crippen molar-refractivity contribution in [3.05, 3.63) is 47.0 Å². The summed E-state index contributed by atoms with van der Waals surface area (Å²) in [6, 6.07) is 5.66. The van der Waals surface area contributed by atoms with Crippen LogP contribution in [0, 0.1) is 13.8 Å². The van der Waals surface area contributed by atoms with Crippen molar-refractivity contribution in [2.24, 2.45) is 0 Å². The van der Waals surface area contributed by atoms with E-state index in [2.05, 4.69) is 20.6 Å². The highest BCUT2D eigenvalue weighted by Gasteiger charge is 2.07. The van der Waals surface area contributed by atoms with Crippen molar-refractivity contribution in [3.8, 4) is 0 Å². The van der Waals surface area contributed by atoms with Crippen LogP contribution in [0.25, 0.3) is 0 Å². The quantitative estimate of drug-likeness (QED) is 0.782. The number of H-pyrrole nitrogens is 1. The molecule has 3 N–H and O–H groups in total. The van der Waals surface area contributed by atoms with Crippen molar-refractivity contribution >= 4 is 11.6 Å². The molecule has 0 saturated heterocycles. The smallest absolute Gasteiger partial charge is 0.251 e. The minimum atomic E-state index is -0.0368. The minimum absolute atomic E-state index is 0.0368. The van der Waals surface area contributed by atoms with Gasteiger partial charge in [0.2, 0.25) is 0 Å². The monoisotopic (exact) mass is 272 g/mol. The van der Waals surface area contributed by atoms with Gasteiger partial charge in [-0.05, 0) is 44.5 Å². The number of hydrogen-bond donors (Lipinski definition) is 3. The Kier molecular flexibility index (Phi) is 4.40. The first-order valence-corrected chi connectivity index (χ1v) is 6.73. The molecule has 0 bridgehead atoms. The van der Waals surface area contributed by atoms with E-state index in [0.29, 0.717) is 18.7 Å². The second kappa shape index (κ2) is 6.23. The zero-order chi connectivity index (χ0) is 14.5. The maximum absolute atomic E-state index is 11.8. The van der Waals surface area contributed by atoms with Crippen molar-refractivity contribution in [3.63, 3.8) is 0 Å². The van der Waals surface area contributed by atoms with Crippen LogP contribution in [0.3, 0.4) is 0 Å². The summed E-state index contributed by atoms with van der Waals surface area (Å²) in [6.45, 7) is 7.19. The fourth-order valence-corrected chi connectivity index (χ4v) is 2.01. The van der Waals surface area contributed by atoms with Gasteiger partial charge in [-0.3, -0.25) is 4.79 Å². The van der Waals surface area contributed by atoms with E-state index >= 15 is 0 Å². The summed E-state index contributed by atoms with van der Waals surface area (Å²) in [5, 5.41) is 6.14. The average molecular weight is 272 g/mol. The molecule has 106 valence electrons. The molecule has 0 fully saturated rings. The molecule has 2 aromatic rings. The van der Waals surface area contributed by atoms with Gasteiger partial charge in [-0.25, -0.2) is 4.98 Å². The lowest BCUT2D eigenvalue weighted by atomic mass is 10.1. The Morgan fingerprint density at radius 3 is 2.75 bits per heavy atom. The highest BCUT2D eigenvalue weighted by Crippen LogP contribution is 2.17.